The van der Waals surface area contributed by atoms with Crippen molar-refractivity contribution in [3.05, 3.63) is 35.9 Å². The number of carbonyl (C=O) groups excluding carboxylic acids is 1. The summed E-state index contributed by atoms with van der Waals surface area (Å²) in [6, 6.07) is 9.57. The highest BCUT2D eigenvalue weighted by molar-refractivity contribution is 5.85. The lowest BCUT2D eigenvalue weighted by molar-refractivity contribution is -0.134. The molecule has 1 heterocycles. The Morgan fingerprint density at radius 3 is 2.74 bits per heavy atom. The number of amides is 1. The van der Waals surface area contributed by atoms with E-state index in [4.69, 9.17) is 5.73 Å². The Bertz CT molecular complexity index is 396. The second-order valence-corrected chi connectivity index (χ2v) is 5.33. The van der Waals surface area contributed by atoms with Gasteiger partial charge in [0.1, 0.15) is 0 Å². The van der Waals surface area contributed by atoms with Gasteiger partial charge >= 0.3 is 0 Å². The minimum absolute atomic E-state index is 0. The number of carbonyl (C=O) groups is 1. The van der Waals surface area contributed by atoms with Crippen molar-refractivity contribution in [2.75, 3.05) is 13.1 Å². The minimum Gasteiger partial charge on any atom is -0.341 e. The molecular weight excluding hydrogens is 260 g/mol. The van der Waals surface area contributed by atoms with Crippen molar-refractivity contribution in [3.63, 3.8) is 0 Å². The maximum Gasteiger partial charge on any atom is 0.239 e. The number of hydrogen-bond acceptors (Lipinski definition) is 2. The molecule has 0 aromatic heterocycles. The van der Waals surface area contributed by atoms with Gasteiger partial charge in [-0.3, -0.25) is 4.79 Å². The molecule has 2 unspecified atom stereocenters. The molecule has 1 aliphatic rings. The number of halogens is 1. The molecule has 0 bridgehead atoms. The predicted octanol–water partition coefficient (Wildman–Crippen LogP) is 2.24. The molecule has 106 valence electrons. The predicted molar refractivity (Wildman–Crippen MR) is 80.3 cm³/mol. The maximum absolute atomic E-state index is 12.2. The highest BCUT2D eigenvalue weighted by atomic mass is 35.5. The van der Waals surface area contributed by atoms with Crippen molar-refractivity contribution in [2.45, 2.75) is 32.2 Å². The summed E-state index contributed by atoms with van der Waals surface area (Å²) in [6.45, 7) is 3.93. The van der Waals surface area contributed by atoms with E-state index in [2.05, 4.69) is 6.92 Å². The van der Waals surface area contributed by atoms with Crippen molar-refractivity contribution in [2.24, 2.45) is 11.7 Å². The van der Waals surface area contributed by atoms with E-state index in [1.807, 2.05) is 35.2 Å². The molecule has 2 rings (SSSR count). The highest BCUT2D eigenvalue weighted by Crippen LogP contribution is 2.16. The zero-order chi connectivity index (χ0) is 13.0. The van der Waals surface area contributed by atoms with Crippen LogP contribution in [0, 0.1) is 5.92 Å². The summed E-state index contributed by atoms with van der Waals surface area (Å²) < 4.78 is 0. The number of rotatable bonds is 3. The van der Waals surface area contributed by atoms with Gasteiger partial charge < -0.3 is 10.6 Å². The Morgan fingerprint density at radius 2 is 2.11 bits per heavy atom. The SMILES string of the molecule is CC1CCCN(C(=O)C(N)Cc2ccccc2)C1.Cl. The van der Waals surface area contributed by atoms with Gasteiger partial charge in [0, 0.05) is 13.1 Å². The summed E-state index contributed by atoms with van der Waals surface area (Å²) >= 11 is 0. The molecule has 1 aromatic rings. The van der Waals surface area contributed by atoms with Crippen LogP contribution < -0.4 is 5.73 Å². The first-order valence-corrected chi connectivity index (χ1v) is 6.75. The highest BCUT2D eigenvalue weighted by Gasteiger charge is 2.25. The number of benzene rings is 1. The fourth-order valence-corrected chi connectivity index (χ4v) is 2.58. The lowest BCUT2D eigenvalue weighted by Gasteiger charge is -2.32. The van der Waals surface area contributed by atoms with Crippen molar-refractivity contribution >= 4 is 18.3 Å². The molecule has 2 atom stereocenters. The van der Waals surface area contributed by atoms with Crippen LogP contribution >= 0.6 is 12.4 Å². The molecule has 0 spiro atoms. The molecule has 1 aromatic carbocycles. The topological polar surface area (TPSA) is 46.3 Å². The molecule has 2 N–H and O–H groups in total. The van der Waals surface area contributed by atoms with Crippen molar-refractivity contribution in [1.82, 2.24) is 4.90 Å². The molecule has 1 amide bonds. The van der Waals surface area contributed by atoms with Crippen LogP contribution in [0.15, 0.2) is 30.3 Å². The molecule has 0 radical (unpaired) electrons. The van der Waals surface area contributed by atoms with Crippen LogP contribution in [0.4, 0.5) is 0 Å². The van der Waals surface area contributed by atoms with E-state index in [1.165, 1.54) is 6.42 Å². The molecule has 4 heteroatoms. The van der Waals surface area contributed by atoms with E-state index >= 15 is 0 Å². The first-order chi connectivity index (χ1) is 8.66. The van der Waals surface area contributed by atoms with Gasteiger partial charge in [0.25, 0.3) is 0 Å². The third-order valence-corrected chi connectivity index (χ3v) is 3.58. The Morgan fingerprint density at radius 1 is 1.42 bits per heavy atom. The second kappa shape index (κ2) is 7.51. The van der Waals surface area contributed by atoms with Gasteiger partial charge in [-0.25, -0.2) is 0 Å². The summed E-state index contributed by atoms with van der Waals surface area (Å²) in [5.41, 5.74) is 7.16. The number of piperidine rings is 1. The molecule has 0 aliphatic carbocycles. The fraction of sp³-hybridized carbons (Fsp3) is 0.533. The third-order valence-electron chi connectivity index (χ3n) is 3.58. The van der Waals surface area contributed by atoms with Crippen molar-refractivity contribution in [3.8, 4) is 0 Å². The minimum atomic E-state index is -0.405. The second-order valence-electron chi connectivity index (χ2n) is 5.33. The average Bonchev–Trinajstić information content (AvgIpc) is 2.39. The molecule has 1 saturated heterocycles. The number of nitrogens with zero attached hydrogens (tertiary/aromatic N) is 1. The van der Waals surface area contributed by atoms with E-state index < -0.39 is 6.04 Å². The first kappa shape index (κ1) is 16.0. The fourth-order valence-electron chi connectivity index (χ4n) is 2.58. The van der Waals surface area contributed by atoms with Crippen LogP contribution in [0.1, 0.15) is 25.3 Å². The monoisotopic (exact) mass is 282 g/mol. The van der Waals surface area contributed by atoms with Crippen LogP contribution in [0.5, 0.6) is 0 Å². The maximum atomic E-state index is 12.2. The van der Waals surface area contributed by atoms with E-state index in [-0.39, 0.29) is 18.3 Å². The molecule has 3 nitrogen and oxygen atoms in total. The molecule has 1 fully saturated rings. The number of likely N-dealkylation sites (tertiary alicyclic amines) is 1. The molecular formula is C15H23ClN2O. The smallest absolute Gasteiger partial charge is 0.239 e. The molecule has 0 saturated carbocycles. The quantitative estimate of drug-likeness (QED) is 0.924. The summed E-state index contributed by atoms with van der Waals surface area (Å²) in [5.74, 6) is 0.706. The van der Waals surface area contributed by atoms with Crippen molar-refractivity contribution in [1.29, 1.82) is 0 Å². The normalized spacial score (nSPS) is 20.5. The third kappa shape index (κ3) is 4.51. The molecule has 19 heavy (non-hydrogen) atoms. The standard InChI is InChI=1S/C15H22N2O.ClH/c1-12-6-5-9-17(11-12)15(18)14(16)10-13-7-3-2-4-8-13;/h2-4,7-8,12,14H,5-6,9-11,16H2,1H3;1H. The number of nitrogens with two attached hydrogens (primary N) is 1. The lowest BCUT2D eigenvalue weighted by atomic mass is 9.98. The number of hydrogen-bond donors (Lipinski definition) is 1. The van der Waals surface area contributed by atoms with Crippen LogP contribution in [0.25, 0.3) is 0 Å². The van der Waals surface area contributed by atoms with Gasteiger partial charge in [-0.2, -0.15) is 0 Å². The van der Waals surface area contributed by atoms with Gasteiger partial charge in [0.15, 0.2) is 0 Å². The summed E-state index contributed by atoms with van der Waals surface area (Å²) in [7, 11) is 0. The zero-order valence-electron chi connectivity index (χ0n) is 11.4. The summed E-state index contributed by atoms with van der Waals surface area (Å²) in [5, 5.41) is 0. The summed E-state index contributed by atoms with van der Waals surface area (Å²) in [6.07, 6.45) is 2.95. The van der Waals surface area contributed by atoms with Gasteiger partial charge in [-0.1, -0.05) is 37.3 Å². The Kier molecular flexibility index (Phi) is 6.32. The van der Waals surface area contributed by atoms with E-state index in [1.54, 1.807) is 0 Å². The van der Waals surface area contributed by atoms with E-state index in [0.717, 1.165) is 25.1 Å². The van der Waals surface area contributed by atoms with Gasteiger partial charge in [-0.15, -0.1) is 12.4 Å². The Hall–Kier alpha value is -1.06. The first-order valence-electron chi connectivity index (χ1n) is 6.75. The zero-order valence-corrected chi connectivity index (χ0v) is 12.2. The van der Waals surface area contributed by atoms with Crippen LogP contribution in [-0.4, -0.2) is 29.9 Å². The molecule has 1 aliphatic heterocycles. The van der Waals surface area contributed by atoms with Crippen LogP contribution in [0.2, 0.25) is 0 Å². The van der Waals surface area contributed by atoms with Crippen molar-refractivity contribution < 1.29 is 4.79 Å². The van der Waals surface area contributed by atoms with E-state index in [0.29, 0.717) is 12.3 Å². The Balaban J connectivity index is 0.00000180. The van der Waals surface area contributed by atoms with Gasteiger partial charge in [-0.05, 0) is 30.7 Å². The lowest BCUT2D eigenvalue weighted by Crippen LogP contribution is -2.48. The van der Waals surface area contributed by atoms with Gasteiger partial charge in [0.2, 0.25) is 5.91 Å². The van der Waals surface area contributed by atoms with E-state index in [9.17, 15) is 4.79 Å². The van der Waals surface area contributed by atoms with Crippen LogP contribution in [0.3, 0.4) is 0 Å². The Labute approximate surface area is 121 Å². The van der Waals surface area contributed by atoms with Gasteiger partial charge in [0.05, 0.1) is 6.04 Å². The summed E-state index contributed by atoms with van der Waals surface area (Å²) in [4.78, 5) is 14.2. The largest absolute Gasteiger partial charge is 0.341 e. The average molecular weight is 283 g/mol. The van der Waals surface area contributed by atoms with Crippen LogP contribution in [-0.2, 0) is 11.2 Å².